The van der Waals surface area contributed by atoms with Crippen molar-refractivity contribution in [2.75, 3.05) is 13.1 Å². The highest BCUT2D eigenvalue weighted by molar-refractivity contribution is 5.72. The Morgan fingerprint density at radius 2 is 2.18 bits per heavy atom. The molecule has 11 heavy (non-hydrogen) atoms. The third-order valence-electron chi connectivity index (χ3n) is 1.74. The van der Waals surface area contributed by atoms with Gasteiger partial charge in [0.15, 0.2) is 0 Å². The number of hydrogen-bond acceptors (Lipinski definition) is 2. The average molecular weight is 156 g/mol. The molecule has 0 heterocycles. The molecule has 0 radical (unpaired) electrons. The first-order valence-electron chi connectivity index (χ1n) is 4.27. The normalized spacial score (nSPS) is 16.5. The van der Waals surface area contributed by atoms with Crippen LogP contribution in [0.1, 0.15) is 26.2 Å². The lowest BCUT2D eigenvalue weighted by molar-refractivity contribution is -0.118. The van der Waals surface area contributed by atoms with Crippen molar-refractivity contribution in [1.82, 2.24) is 10.6 Å². The highest BCUT2D eigenvalue weighted by atomic mass is 16.1. The molecule has 1 saturated carbocycles. The lowest BCUT2D eigenvalue weighted by Crippen LogP contribution is -2.25. The number of nitrogens with one attached hydrogen (secondary N) is 2. The maximum atomic E-state index is 10.4. The first-order valence-corrected chi connectivity index (χ1v) is 4.27. The van der Waals surface area contributed by atoms with Gasteiger partial charge in [-0.1, -0.05) is 0 Å². The molecule has 3 nitrogen and oxygen atoms in total. The Morgan fingerprint density at radius 3 is 2.73 bits per heavy atom. The summed E-state index contributed by atoms with van der Waals surface area (Å²) >= 11 is 0. The zero-order valence-electron chi connectivity index (χ0n) is 7.02. The lowest BCUT2D eigenvalue weighted by atomic mass is 10.4. The second-order valence-electron chi connectivity index (χ2n) is 3.06. The minimum atomic E-state index is 0.0661. The third kappa shape index (κ3) is 4.79. The van der Waals surface area contributed by atoms with Crippen molar-refractivity contribution < 1.29 is 4.79 Å². The molecule has 1 amide bonds. The van der Waals surface area contributed by atoms with E-state index in [-0.39, 0.29) is 5.91 Å². The van der Waals surface area contributed by atoms with Crippen LogP contribution in [0.3, 0.4) is 0 Å². The molecule has 0 saturated heterocycles. The lowest BCUT2D eigenvalue weighted by Gasteiger charge is -2.02. The summed E-state index contributed by atoms with van der Waals surface area (Å²) in [6.45, 7) is 3.38. The standard InChI is InChI=1S/C8H16N2O/c1-7(11)9-5-2-6-10-8-3-4-8/h8,10H,2-6H2,1H3,(H,9,11). The fraction of sp³-hybridized carbons (Fsp3) is 0.875. The molecule has 1 fully saturated rings. The van der Waals surface area contributed by atoms with Gasteiger partial charge in [-0.15, -0.1) is 0 Å². The van der Waals surface area contributed by atoms with Crippen molar-refractivity contribution >= 4 is 5.91 Å². The summed E-state index contributed by atoms with van der Waals surface area (Å²) in [5, 5.41) is 6.14. The Balaban J connectivity index is 1.76. The minimum absolute atomic E-state index is 0.0661. The largest absolute Gasteiger partial charge is 0.356 e. The molecular formula is C8H16N2O. The molecule has 0 atom stereocenters. The van der Waals surface area contributed by atoms with Crippen LogP contribution in [-0.4, -0.2) is 25.0 Å². The number of carbonyl (C=O) groups is 1. The first-order chi connectivity index (χ1) is 5.29. The van der Waals surface area contributed by atoms with Gasteiger partial charge in [0.1, 0.15) is 0 Å². The monoisotopic (exact) mass is 156 g/mol. The fourth-order valence-corrected chi connectivity index (χ4v) is 0.946. The van der Waals surface area contributed by atoms with Gasteiger partial charge >= 0.3 is 0 Å². The highest BCUT2D eigenvalue weighted by Gasteiger charge is 2.19. The van der Waals surface area contributed by atoms with Crippen LogP contribution in [-0.2, 0) is 4.79 Å². The van der Waals surface area contributed by atoms with E-state index < -0.39 is 0 Å². The highest BCUT2D eigenvalue weighted by Crippen LogP contribution is 2.17. The van der Waals surface area contributed by atoms with Crippen LogP contribution < -0.4 is 10.6 Å². The molecule has 1 aliphatic carbocycles. The van der Waals surface area contributed by atoms with E-state index in [1.807, 2.05) is 0 Å². The molecule has 0 aromatic carbocycles. The second kappa shape index (κ2) is 4.34. The Hall–Kier alpha value is -0.570. The van der Waals surface area contributed by atoms with Gasteiger partial charge in [-0.2, -0.15) is 0 Å². The topological polar surface area (TPSA) is 41.1 Å². The average Bonchev–Trinajstić information content (AvgIpc) is 2.70. The van der Waals surface area contributed by atoms with Crippen LogP contribution in [0.5, 0.6) is 0 Å². The van der Waals surface area contributed by atoms with E-state index in [0.717, 1.165) is 25.6 Å². The van der Waals surface area contributed by atoms with E-state index in [1.165, 1.54) is 12.8 Å². The predicted octanol–water partition coefficient (Wildman–Crippen LogP) is 0.265. The third-order valence-corrected chi connectivity index (χ3v) is 1.74. The molecule has 0 aromatic heterocycles. The molecule has 1 rings (SSSR count). The van der Waals surface area contributed by atoms with Crippen LogP contribution in [0.4, 0.5) is 0 Å². The van der Waals surface area contributed by atoms with Crippen LogP contribution in [0, 0.1) is 0 Å². The van der Waals surface area contributed by atoms with E-state index in [1.54, 1.807) is 6.92 Å². The quantitative estimate of drug-likeness (QED) is 0.561. The zero-order valence-corrected chi connectivity index (χ0v) is 7.02. The summed E-state index contributed by atoms with van der Waals surface area (Å²) in [5.41, 5.74) is 0. The summed E-state index contributed by atoms with van der Waals surface area (Å²) in [6, 6.07) is 0.785. The zero-order chi connectivity index (χ0) is 8.10. The Kier molecular flexibility index (Phi) is 3.36. The van der Waals surface area contributed by atoms with E-state index in [9.17, 15) is 4.79 Å². The maximum Gasteiger partial charge on any atom is 0.216 e. The SMILES string of the molecule is CC(=O)NCCCNC1CC1. The number of rotatable bonds is 5. The summed E-state index contributed by atoms with van der Waals surface area (Å²) in [7, 11) is 0. The van der Waals surface area contributed by atoms with Crippen molar-refractivity contribution in [3.8, 4) is 0 Å². The molecule has 0 unspecified atom stereocenters. The first kappa shape index (κ1) is 8.53. The van der Waals surface area contributed by atoms with E-state index >= 15 is 0 Å². The maximum absolute atomic E-state index is 10.4. The van der Waals surface area contributed by atoms with Gasteiger partial charge in [0.2, 0.25) is 5.91 Å². The van der Waals surface area contributed by atoms with Crippen LogP contribution in [0.25, 0.3) is 0 Å². The summed E-state index contributed by atoms with van der Waals surface area (Å²) in [5.74, 6) is 0.0661. The van der Waals surface area contributed by atoms with Crippen LogP contribution in [0.2, 0.25) is 0 Å². The molecule has 3 heteroatoms. The number of amides is 1. The second-order valence-corrected chi connectivity index (χ2v) is 3.06. The van der Waals surface area contributed by atoms with Crippen LogP contribution >= 0.6 is 0 Å². The molecule has 0 aliphatic heterocycles. The van der Waals surface area contributed by atoms with Crippen molar-refractivity contribution in [3.05, 3.63) is 0 Å². The molecule has 1 aliphatic rings. The van der Waals surface area contributed by atoms with Crippen LogP contribution in [0.15, 0.2) is 0 Å². The minimum Gasteiger partial charge on any atom is -0.356 e. The van der Waals surface area contributed by atoms with Crippen molar-refractivity contribution in [2.45, 2.75) is 32.2 Å². The number of hydrogen-bond donors (Lipinski definition) is 2. The Morgan fingerprint density at radius 1 is 1.45 bits per heavy atom. The smallest absolute Gasteiger partial charge is 0.216 e. The van der Waals surface area contributed by atoms with Gasteiger partial charge in [0.25, 0.3) is 0 Å². The van der Waals surface area contributed by atoms with Gasteiger partial charge in [-0.3, -0.25) is 4.79 Å². The molecule has 2 N–H and O–H groups in total. The van der Waals surface area contributed by atoms with Gasteiger partial charge in [-0.25, -0.2) is 0 Å². The van der Waals surface area contributed by atoms with E-state index in [2.05, 4.69) is 10.6 Å². The predicted molar refractivity (Wildman–Crippen MR) is 44.3 cm³/mol. The Labute approximate surface area is 67.5 Å². The summed E-state index contributed by atoms with van der Waals surface area (Å²) in [4.78, 5) is 10.4. The Bertz CT molecular complexity index is 132. The van der Waals surface area contributed by atoms with E-state index in [0.29, 0.717) is 0 Å². The van der Waals surface area contributed by atoms with E-state index in [4.69, 9.17) is 0 Å². The van der Waals surface area contributed by atoms with Crippen molar-refractivity contribution in [3.63, 3.8) is 0 Å². The molecule has 64 valence electrons. The molecule has 0 bridgehead atoms. The van der Waals surface area contributed by atoms with Gasteiger partial charge in [-0.05, 0) is 25.8 Å². The molecular weight excluding hydrogens is 140 g/mol. The summed E-state index contributed by atoms with van der Waals surface area (Å²) in [6.07, 6.45) is 3.70. The van der Waals surface area contributed by atoms with Gasteiger partial charge < -0.3 is 10.6 Å². The molecule has 0 aromatic rings. The fourth-order valence-electron chi connectivity index (χ4n) is 0.946. The van der Waals surface area contributed by atoms with Gasteiger partial charge in [0, 0.05) is 19.5 Å². The number of carbonyl (C=O) groups excluding carboxylic acids is 1. The van der Waals surface area contributed by atoms with Crippen molar-refractivity contribution in [2.24, 2.45) is 0 Å². The van der Waals surface area contributed by atoms with Gasteiger partial charge in [0.05, 0.1) is 0 Å². The van der Waals surface area contributed by atoms with Crippen molar-refractivity contribution in [1.29, 1.82) is 0 Å². The molecule has 0 spiro atoms. The summed E-state index contributed by atoms with van der Waals surface area (Å²) < 4.78 is 0.